The fourth-order valence-electron chi connectivity index (χ4n) is 1.33. The summed E-state index contributed by atoms with van der Waals surface area (Å²) >= 11 is 5.82. The van der Waals surface area contributed by atoms with Crippen LogP contribution in [0, 0.1) is 11.6 Å². The Morgan fingerprint density at radius 3 is 2.44 bits per heavy atom. The minimum Gasteiger partial charge on any atom is -0.278 e. The van der Waals surface area contributed by atoms with Gasteiger partial charge in [-0.2, -0.15) is 5.10 Å². The second kappa shape index (κ2) is 5.60. The Hall–Kier alpha value is -1.94. The van der Waals surface area contributed by atoms with E-state index >= 15 is 0 Å². The molecule has 0 aliphatic heterocycles. The summed E-state index contributed by atoms with van der Waals surface area (Å²) in [6, 6.07) is 10.0. The van der Waals surface area contributed by atoms with Crippen LogP contribution >= 0.6 is 11.6 Å². The standard InChI is InChI=1S/C13H9ClF2N2/c14-12-2-1-3-13(16)11(12)8-17-18-10-6-4-9(15)5-7-10/h1-8,18H/b17-8-. The number of nitrogens with one attached hydrogen (secondary N) is 1. The van der Waals surface area contributed by atoms with Gasteiger partial charge in [0.1, 0.15) is 11.6 Å². The number of rotatable bonds is 3. The van der Waals surface area contributed by atoms with Gasteiger partial charge < -0.3 is 0 Å². The van der Waals surface area contributed by atoms with Crippen LogP contribution in [-0.2, 0) is 0 Å². The number of anilines is 1. The van der Waals surface area contributed by atoms with Gasteiger partial charge >= 0.3 is 0 Å². The molecule has 0 fully saturated rings. The van der Waals surface area contributed by atoms with Gasteiger partial charge in [0.25, 0.3) is 0 Å². The van der Waals surface area contributed by atoms with Crippen LogP contribution in [0.4, 0.5) is 14.5 Å². The molecule has 2 rings (SSSR count). The number of benzene rings is 2. The van der Waals surface area contributed by atoms with Gasteiger partial charge in [0.2, 0.25) is 0 Å². The summed E-state index contributed by atoms with van der Waals surface area (Å²) in [4.78, 5) is 0. The predicted octanol–water partition coefficient (Wildman–Crippen LogP) is 4.06. The molecule has 5 heteroatoms. The van der Waals surface area contributed by atoms with E-state index in [0.29, 0.717) is 5.69 Å². The van der Waals surface area contributed by atoms with Crippen LogP contribution in [0.2, 0.25) is 5.02 Å². The van der Waals surface area contributed by atoms with Crippen LogP contribution in [0.25, 0.3) is 0 Å². The monoisotopic (exact) mass is 266 g/mol. The highest BCUT2D eigenvalue weighted by Gasteiger charge is 2.03. The molecular formula is C13H9ClF2N2. The molecule has 0 aromatic heterocycles. The highest BCUT2D eigenvalue weighted by Crippen LogP contribution is 2.16. The van der Waals surface area contributed by atoms with Gasteiger partial charge in [0, 0.05) is 5.56 Å². The van der Waals surface area contributed by atoms with E-state index < -0.39 is 5.82 Å². The minimum atomic E-state index is -0.452. The summed E-state index contributed by atoms with van der Waals surface area (Å²) in [6.45, 7) is 0. The normalized spacial score (nSPS) is 10.8. The summed E-state index contributed by atoms with van der Waals surface area (Å²) in [5.41, 5.74) is 3.45. The first-order valence-corrected chi connectivity index (χ1v) is 5.53. The number of halogens is 3. The fourth-order valence-corrected chi connectivity index (χ4v) is 1.54. The van der Waals surface area contributed by atoms with E-state index in [2.05, 4.69) is 10.5 Å². The Bertz CT molecular complexity index is 547. The largest absolute Gasteiger partial charge is 0.278 e. The van der Waals surface area contributed by atoms with Crippen molar-refractivity contribution in [2.45, 2.75) is 0 Å². The molecular weight excluding hydrogens is 258 g/mol. The van der Waals surface area contributed by atoms with Crippen LogP contribution in [0.3, 0.4) is 0 Å². The third-order valence-electron chi connectivity index (χ3n) is 2.23. The van der Waals surface area contributed by atoms with E-state index in [1.54, 1.807) is 6.07 Å². The Kier molecular flexibility index (Phi) is 3.89. The third kappa shape index (κ3) is 3.05. The molecule has 92 valence electrons. The number of hydrazone groups is 1. The molecule has 0 aliphatic carbocycles. The smallest absolute Gasteiger partial charge is 0.133 e. The first kappa shape index (κ1) is 12.5. The molecule has 0 bridgehead atoms. The molecule has 2 aromatic carbocycles. The second-order valence-electron chi connectivity index (χ2n) is 3.51. The predicted molar refractivity (Wildman–Crippen MR) is 69.0 cm³/mol. The van der Waals surface area contributed by atoms with E-state index in [-0.39, 0.29) is 16.4 Å². The zero-order valence-electron chi connectivity index (χ0n) is 9.20. The van der Waals surface area contributed by atoms with Gasteiger partial charge in [0.15, 0.2) is 0 Å². The van der Waals surface area contributed by atoms with Crippen molar-refractivity contribution < 1.29 is 8.78 Å². The SMILES string of the molecule is Fc1ccc(N/N=C\c2c(F)cccc2Cl)cc1. The lowest BCUT2D eigenvalue weighted by Gasteiger charge is -2.01. The van der Waals surface area contributed by atoms with Crippen molar-refractivity contribution in [2.24, 2.45) is 5.10 Å². The topological polar surface area (TPSA) is 24.4 Å². The lowest BCUT2D eigenvalue weighted by atomic mass is 10.2. The maximum Gasteiger partial charge on any atom is 0.133 e. The average molecular weight is 267 g/mol. The molecule has 0 amide bonds. The summed E-state index contributed by atoms with van der Waals surface area (Å²) in [5.74, 6) is -0.783. The molecule has 0 heterocycles. The van der Waals surface area contributed by atoms with Crippen LogP contribution < -0.4 is 5.43 Å². The van der Waals surface area contributed by atoms with E-state index in [1.807, 2.05) is 0 Å². The van der Waals surface area contributed by atoms with Crippen LogP contribution in [-0.4, -0.2) is 6.21 Å². The summed E-state index contributed by atoms with van der Waals surface area (Å²) in [6.07, 6.45) is 1.28. The molecule has 2 nitrogen and oxygen atoms in total. The molecule has 0 aliphatic rings. The van der Waals surface area contributed by atoms with Gasteiger partial charge in [-0.25, -0.2) is 8.78 Å². The average Bonchev–Trinajstić information content (AvgIpc) is 2.35. The molecule has 0 saturated carbocycles. The number of hydrogen-bond donors (Lipinski definition) is 1. The van der Waals surface area contributed by atoms with Gasteiger partial charge in [-0.1, -0.05) is 17.7 Å². The lowest BCUT2D eigenvalue weighted by Crippen LogP contribution is -1.94. The Balaban J connectivity index is 2.10. The van der Waals surface area contributed by atoms with Gasteiger partial charge in [-0.3, -0.25) is 5.43 Å². The maximum atomic E-state index is 13.4. The zero-order chi connectivity index (χ0) is 13.0. The molecule has 1 N–H and O–H groups in total. The first-order chi connectivity index (χ1) is 8.66. The van der Waals surface area contributed by atoms with E-state index in [4.69, 9.17) is 11.6 Å². The molecule has 0 spiro atoms. The van der Waals surface area contributed by atoms with Crippen molar-refractivity contribution >= 4 is 23.5 Å². The molecule has 18 heavy (non-hydrogen) atoms. The lowest BCUT2D eigenvalue weighted by molar-refractivity contribution is 0.626. The number of hydrogen-bond acceptors (Lipinski definition) is 2. The summed E-state index contributed by atoms with van der Waals surface area (Å²) in [7, 11) is 0. The second-order valence-corrected chi connectivity index (χ2v) is 3.92. The van der Waals surface area contributed by atoms with Crippen molar-refractivity contribution in [3.63, 3.8) is 0 Å². The highest BCUT2D eigenvalue weighted by molar-refractivity contribution is 6.33. The quantitative estimate of drug-likeness (QED) is 0.657. The van der Waals surface area contributed by atoms with E-state index in [0.717, 1.165) is 0 Å². The van der Waals surface area contributed by atoms with E-state index in [9.17, 15) is 8.78 Å². The first-order valence-electron chi connectivity index (χ1n) is 5.15. The molecule has 0 unspecified atom stereocenters. The van der Waals surface area contributed by atoms with Crippen molar-refractivity contribution in [1.82, 2.24) is 0 Å². The molecule has 0 saturated heterocycles. The molecule has 0 radical (unpaired) electrons. The van der Waals surface area contributed by atoms with E-state index in [1.165, 1.54) is 42.6 Å². The Labute approximate surface area is 108 Å². The number of nitrogens with zero attached hydrogens (tertiary/aromatic N) is 1. The van der Waals surface area contributed by atoms with Crippen LogP contribution in [0.15, 0.2) is 47.6 Å². The molecule has 2 aromatic rings. The van der Waals surface area contributed by atoms with Crippen molar-refractivity contribution in [3.05, 3.63) is 64.7 Å². The van der Waals surface area contributed by atoms with Gasteiger partial charge in [-0.05, 0) is 36.4 Å². The minimum absolute atomic E-state index is 0.203. The van der Waals surface area contributed by atoms with Crippen LogP contribution in [0.1, 0.15) is 5.56 Å². The van der Waals surface area contributed by atoms with Crippen LogP contribution in [0.5, 0.6) is 0 Å². The Morgan fingerprint density at radius 1 is 1.06 bits per heavy atom. The third-order valence-corrected chi connectivity index (χ3v) is 2.56. The maximum absolute atomic E-state index is 13.4. The van der Waals surface area contributed by atoms with Crippen molar-refractivity contribution in [1.29, 1.82) is 0 Å². The zero-order valence-corrected chi connectivity index (χ0v) is 9.96. The highest BCUT2D eigenvalue weighted by atomic mass is 35.5. The Morgan fingerprint density at radius 2 is 1.78 bits per heavy atom. The summed E-state index contributed by atoms with van der Waals surface area (Å²) < 4.78 is 26.0. The summed E-state index contributed by atoms with van der Waals surface area (Å²) in [5, 5.41) is 4.12. The van der Waals surface area contributed by atoms with Crippen molar-refractivity contribution in [2.75, 3.05) is 5.43 Å². The molecule has 0 atom stereocenters. The van der Waals surface area contributed by atoms with Crippen molar-refractivity contribution in [3.8, 4) is 0 Å². The van der Waals surface area contributed by atoms with Gasteiger partial charge in [-0.15, -0.1) is 0 Å². The van der Waals surface area contributed by atoms with Gasteiger partial charge in [0.05, 0.1) is 16.9 Å². The fraction of sp³-hybridized carbons (Fsp3) is 0.